The van der Waals surface area contributed by atoms with Crippen LogP contribution in [-0.4, -0.2) is 25.3 Å². The molecule has 1 aliphatic carbocycles. The highest BCUT2D eigenvalue weighted by molar-refractivity contribution is 7.89. The summed E-state index contributed by atoms with van der Waals surface area (Å²) in [5, 5.41) is 0. The van der Waals surface area contributed by atoms with Crippen molar-refractivity contribution in [3.8, 4) is 0 Å². The van der Waals surface area contributed by atoms with Crippen LogP contribution in [0.5, 0.6) is 0 Å². The Morgan fingerprint density at radius 3 is 2.63 bits per heavy atom. The lowest BCUT2D eigenvalue weighted by Crippen LogP contribution is -2.46. The van der Waals surface area contributed by atoms with Crippen LogP contribution in [0, 0.1) is 11.7 Å². The highest BCUT2D eigenvalue weighted by Gasteiger charge is 2.41. The summed E-state index contributed by atoms with van der Waals surface area (Å²) >= 11 is 0. The molecule has 1 aromatic rings. The monoisotopic (exact) mass is 283 g/mol. The van der Waals surface area contributed by atoms with Crippen molar-refractivity contribution in [3.63, 3.8) is 0 Å². The van der Waals surface area contributed by atoms with E-state index in [0.29, 0.717) is 12.5 Å². The van der Waals surface area contributed by atoms with Gasteiger partial charge in [0.2, 0.25) is 10.0 Å². The number of benzene rings is 1. The van der Waals surface area contributed by atoms with Gasteiger partial charge in [0, 0.05) is 12.6 Å². The predicted molar refractivity (Wildman–Crippen MR) is 70.7 cm³/mol. The van der Waals surface area contributed by atoms with Crippen molar-refractivity contribution in [3.05, 3.63) is 30.1 Å². The van der Waals surface area contributed by atoms with E-state index < -0.39 is 15.8 Å². The maximum Gasteiger partial charge on any atom is 0.246 e. The predicted octanol–water partition coefficient (Wildman–Crippen LogP) is 2.78. The molecule has 2 unspecified atom stereocenters. The molecule has 0 bridgehead atoms. The molecule has 104 valence electrons. The number of halogens is 1. The average molecular weight is 283 g/mol. The lowest BCUT2D eigenvalue weighted by molar-refractivity contribution is 0.201. The number of fused-ring (bicyclic) bond motifs is 1. The van der Waals surface area contributed by atoms with Gasteiger partial charge in [-0.25, -0.2) is 12.8 Å². The third-order valence-electron chi connectivity index (χ3n) is 4.37. The van der Waals surface area contributed by atoms with E-state index >= 15 is 0 Å². The summed E-state index contributed by atoms with van der Waals surface area (Å²) in [6, 6.07) is 5.75. The first-order valence-corrected chi connectivity index (χ1v) is 8.31. The van der Waals surface area contributed by atoms with Crippen LogP contribution in [-0.2, 0) is 10.0 Å². The van der Waals surface area contributed by atoms with Gasteiger partial charge in [-0.1, -0.05) is 18.6 Å². The molecule has 0 N–H and O–H groups in total. The van der Waals surface area contributed by atoms with E-state index in [9.17, 15) is 12.8 Å². The molecule has 2 fully saturated rings. The average Bonchev–Trinajstić information content (AvgIpc) is 2.86. The summed E-state index contributed by atoms with van der Waals surface area (Å²) in [4.78, 5) is -0.178. The second-order valence-electron chi connectivity index (χ2n) is 5.45. The molecule has 1 saturated carbocycles. The van der Waals surface area contributed by atoms with E-state index in [1.165, 1.54) is 18.2 Å². The van der Waals surface area contributed by atoms with Crippen molar-refractivity contribution in [2.45, 2.75) is 43.0 Å². The van der Waals surface area contributed by atoms with Crippen LogP contribution in [0.2, 0.25) is 0 Å². The van der Waals surface area contributed by atoms with Gasteiger partial charge in [-0.15, -0.1) is 0 Å². The highest BCUT2D eigenvalue weighted by atomic mass is 32.2. The topological polar surface area (TPSA) is 37.4 Å². The molecule has 3 rings (SSSR count). The van der Waals surface area contributed by atoms with Gasteiger partial charge in [0.25, 0.3) is 0 Å². The maximum atomic E-state index is 13.8. The molecule has 5 heteroatoms. The number of sulfonamides is 1. The van der Waals surface area contributed by atoms with E-state index in [2.05, 4.69) is 0 Å². The van der Waals surface area contributed by atoms with E-state index in [4.69, 9.17) is 0 Å². The Bertz CT molecular complexity index is 573. The van der Waals surface area contributed by atoms with Gasteiger partial charge in [-0.05, 0) is 43.7 Å². The molecule has 1 aliphatic heterocycles. The molecule has 2 atom stereocenters. The van der Waals surface area contributed by atoms with Crippen LogP contribution >= 0.6 is 0 Å². The zero-order valence-corrected chi connectivity index (χ0v) is 11.6. The largest absolute Gasteiger partial charge is 0.246 e. The zero-order valence-electron chi connectivity index (χ0n) is 10.8. The number of nitrogens with zero attached hydrogens (tertiary/aromatic N) is 1. The van der Waals surface area contributed by atoms with Crippen LogP contribution in [0.4, 0.5) is 4.39 Å². The molecule has 0 aromatic heterocycles. The summed E-state index contributed by atoms with van der Waals surface area (Å²) in [7, 11) is -3.69. The van der Waals surface area contributed by atoms with Gasteiger partial charge in [0.15, 0.2) is 0 Å². The molecular formula is C14H18FNO2S. The first kappa shape index (κ1) is 13.1. The minimum Gasteiger partial charge on any atom is -0.207 e. The van der Waals surface area contributed by atoms with Crippen LogP contribution in [0.1, 0.15) is 32.1 Å². The normalized spacial score (nSPS) is 28.3. The van der Waals surface area contributed by atoms with Gasteiger partial charge in [-0.2, -0.15) is 4.31 Å². The zero-order chi connectivity index (χ0) is 13.5. The van der Waals surface area contributed by atoms with E-state index in [-0.39, 0.29) is 10.9 Å². The molecule has 19 heavy (non-hydrogen) atoms. The van der Waals surface area contributed by atoms with Crippen LogP contribution in [0.3, 0.4) is 0 Å². The summed E-state index contributed by atoms with van der Waals surface area (Å²) in [5.41, 5.74) is 0. The molecule has 2 aliphatic rings. The molecule has 3 nitrogen and oxygen atoms in total. The Hall–Kier alpha value is -0.940. The number of hydrogen-bond acceptors (Lipinski definition) is 2. The fourth-order valence-electron chi connectivity index (χ4n) is 3.49. The first-order valence-electron chi connectivity index (χ1n) is 6.87. The number of rotatable bonds is 2. The van der Waals surface area contributed by atoms with Crippen LogP contribution < -0.4 is 0 Å². The van der Waals surface area contributed by atoms with Gasteiger partial charge in [-0.3, -0.25) is 0 Å². The molecule has 1 saturated heterocycles. The molecule has 0 amide bonds. The van der Waals surface area contributed by atoms with Crippen molar-refractivity contribution in [1.29, 1.82) is 0 Å². The van der Waals surface area contributed by atoms with Gasteiger partial charge in [0.05, 0.1) is 0 Å². The minimum absolute atomic E-state index is 0.0818. The summed E-state index contributed by atoms with van der Waals surface area (Å²) in [6.07, 6.45) is 5.09. The summed E-state index contributed by atoms with van der Waals surface area (Å²) in [5.74, 6) is -0.182. The number of piperidine rings is 1. The summed E-state index contributed by atoms with van der Waals surface area (Å²) < 4.78 is 40.6. The number of hydrogen-bond donors (Lipinski definition) is 0. The van der Waals surface area contributed by atoms with E-state index in [1.54, 1.807) is 10.4 Å². The fourth-order valence-corrected chi connectivity index (χ4v) is 5.31. The minimum atomic E-state index is -3.69. The second kappa shape index (κ2) is 4.87. The first-order chi connectivity index (χ1) is 9.10. The molecule has 1 aromatic carbocycles. The second-order valence-corrected chi connectivity index (χ2v) is 7.31. The van der Waals surface area contributed by atoms with E-state index in [1.807, 2.05) is 0 Å². The lowest BCUT2D eigenvalue weighted by atomic mass is 9.94. The molecular weight excluding hydrogens is 265 g/mol. The molecule has 1 heterocycles. The van der Waals surface area contributed by atoms with Crippen LogP contribution in [0.25, 0.3) is 0 Å². The Morgan fingerprint density at radius 1 is 1.11 bits per heavy atom. The molecule has 0 spiro atoms. The third kappa shape index (κ3) is 2.19. The smallest absolute Gasteiger partial charge is 0.207 e. The maximum absolute atomic E-state index is 13.8. The Labute approximate surface area is 113 Å². The highest BCUT2D eigenvalue weighted by Crippen LogP contribution is 2.39. The Morgan fingerprint density at radius 2 is 1.84 bits per heavy atom. The van der Waals surface area contributed by atoms with Crippen molar-refractivity contribution >= 4 is 10.0 Å². The van der Waals surface area contributed by atoms with Crippen molar-refractivity contribution in [1.82, 2.24) is 4.31 Å². The Balaban J connectivity index is 1.98. The standard InChI is InChI=1S/C14H18FNO2S/c15-12-7-1-2-9-14(12)19(17,18)16-10-4-6-11-5-3-8-13(11)16/h1-2,7,9,11,13H,3-6,8,10H2. The SMILES string of the molecule is O=S(=O)(c1ccccc1F)N1CCCC2CCCC21. The summed E-state index contributed by atoms with van der Waals surface area (Å²) in [6.45, 7) is 0.526. The van der Waals surface area contributed by atoms with Gasteiger partial charge >= 0.3 is 0 Å². The van der Waals surface area contributed by atoms with Crippen molar-refractivity contribution in [2.24, 2.45) is 5.92 Å². The quantitative estimate of drug-likeness (QED) is 0.837. The lowest BCUT2D eigenvalue weighted by Gasteiger charge is -2.36. The van der Waals surface area contributed by atoms with Gasteiger partial charge < -0.3 is 0 Å². The van der Waals surface area contributed by atoms with Gasteiger partial charge in [0.1, 0.15) is 10.7 Å². The third-order valence-corrected chi connectivity index (χ3v) is 6.32. The van der Waals surface area contributed by atoms with Crippen molar-refractivity contribution < 1.29 is 12.8 Å². The van der Waals surface area contributed by atoms with Crippen molar-refractivity contribution in [2.75, 3.05) is 6.54 Å². The Kier molecular flexibility index (Phi) is 3.35. The fraction of sp³-hybridized carbons (Fsp3) is 0.571. The molecule has 0 radical (unpaired) electrons. The van der Waals surface area contributed by atoms with E-state index in [0.717, 1.165) is 32.1 Å². The van der Waals surface area contributed by atoms with Crippen LogP contribution in [0.15, 0.2) is 29.2 Å².